The Balaban J connectivity index is 1.11. The first-order valence-electron chi connectivity index (χ1n) is 16.2. The monoisotopic (exact) mass is 688 g/mol. The van der Waals surface area contributed by atoms with Crippen LogP contribution >= 0.6 is 0 Å². The van der Waals surface area contributed by atoms with Crippen LogP contribution in [0.25, 0.3) is 11.3 Å². The predicted molar refractivity (Wildman–Crippen MR) is 187 cm³/mol. The number of aliphatic hydroxyl groups is 2. The second kappa shape index (κ2) is 15.3. The van der Waals surface area contributed by atoms with Crippen LogP contribution < -0.4 is 15.4 Å². The van der Waals surface area contributed by atoms with Gasteiger partial charge in [0.2, 0.25) is 6.29 Å². The molecule has 5 rings (SSSR count). The number of hydrogen-bond acceptors (Lipinski definition) is 9. The van der Waals surface area contributed by atoms with Crippen LogP contribution in [0.5, 0.6) is 0 Å². The maximum absolute atomic E-state index is 13.0. The first-order chi connectivity index (χ1) is 23.3. The van der Waals surface area contributed by atoms with Crippen molar-refractivity contribution < 1.29 is 28.3 Å². The first-order valence-corrected chi connectivity index (χ1v) is 17.6. The summed E-state index contributed by atoms with van der Waals surface area (Å²) in [6.07, 6.45) is 5.27. The summed E-state index contributed by atoms with van der Waals surface area (Å²) in [5.41, 5.74) is 2.79. The van der Waals surface area contributed by atoms with Gasteiger partial charge in [0.15, 0.2) is 0 Å². The molecule has 13 heteroatoms. The Bertz CT molecular complexity index is 1840. The number of aromatic nitrogens is 2. The van der Waals surface area contributed by atoms with Crippen LogP contribution in [-0.4, -0.2) is 63.7 Å². The quantitative estimate of drug-likeness (QED) is 0.120. The van der Waals surface area contributed by atoms with Gasteiger partial charge >= 0.3 is 0 Å². The lowest BCUT2D eigenvalue weighted by atomic mass is 9.99. The normalized spacial score (nSPS) is 16.1. The predicted octanol–water partition coefficient (Wildman–Crippen LogP) is 4.63. The van der Waals surface area contributed by atoms with E-state index in [2.05, 4.69) is 34.2 Å². The van der Waals surface area contributed by atoms with E-state index < -0.39 is 28.6 Å². The molecule has 4 aromatic rings. The van der Waals surface area contributed by atoms with Crippen LogP contribution in [0.1, 0.15) is 56.1 Å². The molecule has 0 saturated heterocycles. The zero-order valence-corrected chi connectivity index (χ0v) is 28.8. The molecule has 49 heavy (non-hydrogen) atoms. The molecule has 1 aromatic heterocycles. The van der Waals surface area contributed by atoms with E-state index in [1.54, 1.807) is 67.1 Å². The topological polar surface area (TPSA) is 158 Å². The van der Waals surface area contributed by atoms with Gasteiger partial charge in [0.1, 0.15) is 6.17 Å². The Hall–Kier alpha value is -4.53. The van der Waals surface area contributed by atoms with E-state index in [0.29, 0.717) is 23.4 Å². The van der Waals surface area contributed by atoms with Crippen molar-refractivity contribution in [2.45, 2.75) is 69.7 Å². The van der Waals surface area contributed by atoms with Crippen molar-refractivity contribution in [3.05, 3.63) is 115 Å². The molecule has 0 radical (unpaired) electrons. The fourth-order valence-corrected chi connectivity index (χ4v) is 6.36. The van der Waals surface area contributed by atoms with Crippen molar-refractivity contribution in [3.63, 3.8) is 0 Å². The maximum atomic E-state index is 13.0. The van der Waals surface area contributed by atoms with E-state index in [4.69, 9.17) is 4.84 Å². The standard InChI is InChI=1S/C36H44N6O6S/c1-25(2)34(42-19-17-33(44)48-42)39-35(45)27-15-13-26(14-16-27)31-23-41(24-37-31)20-18-36(3,4)38-22-32(43)28-9-8-10-29(21-28)40-49(46,47)30-11-6-5-7-12-30/h5-17,19,21,23-25,32-34,38,40,43-44H,18,20,22H2,1-4H3,(H,39,45)/t32-,33-,34?/m0/s1. The second-order valence-corrected chi connectivity index (χ2v) is 14.7. The minimum absolute atomic E-state index is 0.0283. The van der Waals surface area contributed by atoms with Gasteiger partial charge in [0.25, 0.3) is 15.9 Å². The largest absolute Gasteiger partial charge is 0.387 e. The zero-order chi connectivity index (χ0) is 35.2. The Morgan fingerprint density at radius 2 is 1.78 bits per heavy atom. The van der Waals surface area contributed by atoms with Crippen molar-refractivity contribution in [1.29, 1.82) is 0 Å². The highest BCUT2D eigenvalue weighted by molar-refractivity contribution is 7.92. The molecular formula is C36H44N6O6S. The Kier molecular flexibility index (Phi) is 11.2. The van der Waals surface area contributed by atoms with E-state index in [-0.39, 0.29) is 28.8 Å². The molecule has 260 valence electrons. The number of hydroxylamine groups is 2. The third-order valence-electron chi connectivity index (χ3n) is 8.23. The average molecular weight is 689 g/mol. The molecule has 3 atom stereocenters. The van der Waals surface area contributed by atoms with Crippen molar-refractivity contribution in [2.75, 3.05) is 11.3 Å². The third-order valence-corrected chi connectivity index (χ3v) is 9.63. The number of hydrogen-bond donors (Lipinski definition) is 5. The number of anilines is 1. The summed E-state index contributed by atoms with van der Waals surface area (Å²) in [5.74, 6) is -0.227. The molecule has 0 bridgehead atoms. The van der Waals surface area contributed by atoms with Crippen molar-refractivity contribution in [2.24, 2.45) is 5.92 Å². The minimum Gasteiger partial charge on any atom is -0.387 e. The van der Waals surface area contributed by atoms with Crippen molar-refractivity contribution in [3.8, 4) is 11.3 Å². The van der Waals surface area contributed by atoms with E-state index in [9.17, 15) is 23.4 Å². The first kappa shape index (κ1) is 35.8. The van der Waals surface area contributed by atoms with Crippen LogP contribution in [-0.2, 0) is 21.4 Å². The summed E-state index contributed by atoms with van der Waals surface area (Å²) >= 11 is 0. The number of nitrogens with one attached hydrogen (secondary N) is 3. The lowest BCUT2D eigenvalue weighted by molar-refractivity contribution is -0.226. The number of benzene rings is 3. The molecule has 1 aliphatic rings. The van der Waals surface area contributed by atoms with Crippen LogP contribution in [0.4, 0.5) is 5.69 Å². The summed E-state index contributed by atoms with van der Waals surface area (Å²) in [6.45, 7) is 8.98. The fraction of sp³-hybridized carbons (Fsp3) is 0.333. The van der Waals surface area contributed by atoms with Crippen molar-refractivity contribution in [1.82, 2.24) is 25.2 Å². The van der Waals surface area contributed by atoms with Gasteiger partial charge in [-0.3, -0.25) is 9.52 Å². The number of amides is 1. The number of aryl methyl sites for hydroxylation is 1. The number of sulfonamides is 1. The van der Waals surface area contributed by atoms with Gasteiger partial charge in [0.05, 0.1) is 23.0 Å². The highest BCUT2D eigenvalue weighted by atomic mass is 32.2. The Labute approximate surface area is 287 Å². The van der Waals surface area contributed by atoms with Gasteiger partial charge in [-0.05, 0) is 74.2 Å². The molecule has 0 saturated carbocycles. The highest BCUT2D eigenvalue weighted by Gasteiger charge is 2.27. The molecule has 3 aromatic carbocycles. The summed E-state index contributed by atoms with van der Waals surface area (Å²) in [6, 6.07) is 22.1. The molecule has 0 aliphatic carbocycles. The van der Waals surface area contributed by atoms with Gasteiger partial charge in [0, 0.05) is 47.8 Å². The zero-order valence-electron chi connectivity index (χ0n) is 28.0. The average Bonchev–Trinajstić information content (AvgIpc) is 3.74. The number of rotatable bonds is 15. The summed E-state index contributed by atoms with van der Waals surface area (Å²) in [7, 11) is -3.74. The summed E-state index contributed by atoms with van der Waals surface area (Å²) < 4.78 is 30.0. The second-order valence-electron chi connectivity index (χ2n) is 13.0. The molecular weight excluding hydrogens is 644 g/mol. The number of imidazole rings is 1. The van der Waals surface area contributed by atoms with Gasteiger partial charge in [-0.1, -0.05) is 56.3 Å². The van der Waals surface area contributed by atoms with Crippen molar-refractivity contribution >= 4 is 21.6 Å². The number of nitrogens with zero attached hydrogens (tertiary/aromatic N) is 3. The van der Waals surface area contributed by atoms with E-state index in [1.165, 1.54) is 23.3 Å². The molecule has 2 heterocycles. The molecule has 1 amide bonds. The van der Waals surface area contributed by atoms with E-state index in [0.717, 1.165) is 17.7 Å². The lowest BCUT2D eigenvalue weighted by Crippen LogP contribution is -2.48. The molecule has 1 aliphatic heterocycles. The minimum atomic E-state index is -3.74. The number of carbonyl (C=O) groups excluding carboxylic acids is 1. The fourth-order valence-electron chi connectivity index (χ4n) is 5.29. The van der Waals surface area contributed by atoms with E-state index in [1.807, 2.05) is 36.7 Å². The SMILES string of the molecule is CC(C)C(NC(=O)c1ccc(-c2cn(CCC(C)(C)NC[C@H](O)c3cccc(NS(=O)(=O)c4ccccc4)c3)cn2)cc1)N1C=C[C@@H](O)O1. The number of aliphatic hydroxyl groups excluding tert-OH is 2. The molecule has 5 N–H and O–H groups in total. The van der Waals surface area contributed by atoms with Crippen LogP contribution in [0, 0.1) is 5.92 Å². The maximum Gasteiger partial charge on any atom is 0.261 e. The third kappa shape index (κ3) is 9.55. The Morgan fingerprint density at radius 1 is 1.04 bits per heavy atom. The Morgan fingerprint density at radius 3 is 2.45 bits per heavy atom. The number of β-amino-alcohol motifs (C(OH)–C–C–N with tert-alkyl or cyclic N) is 1. The summed E-state index contributed by atoms with van der Waals surface area (Å²) in [5, 5.41) is 28.4. The van der Waals surface area contributed by atoms with Gasteiger partial charge in [-0.25, -0.2) is 23.3 Å². The molecule has 12 nitrogen and oxygen atoms in total. The van der Waals surface area contributed by atoms with E-state index >= 15 is 0 Å². The molecule has 0 fully saturated rings. The van der Waals surface area contributed by atoms with Crippen LogP contribution in [0.3, 0.4) is 0 Å². The smallest absolute Gasteiger partial charge is 0.261 e. The van der Waals surface area contributed by atoms with Crippen LogP contribution in [0.15, 0.2) is 109 Å². The van der Waals surface area contributed by atoms with Crippen LogP contribution in [0.2, 0.25) is 0 Å². The van der Waals surface area contributed by atoms with Gasteiger partial charge in [-0.2, -0.15) is 0 Å². The molecule has 1 unspecified atom stereocenters. The van der Waals surface area contributed by atoms with Gasteiger partial charge < -0.3 is 25.4 Å². The summed E-state index contributed by atoms with van der Waals surface area (Å²) in [4.78, 5) is 23.0. The lowest BCUT2D eigenvalue weighted by Gasteiger charge is -2.30. The highest BCUT2D eigenvalue weighted by Crippen LogP contribution is 2.23. The van der Waals surface area contributed by atoms with Gasteiger partial charge in [-0.15, -0.1) is 0 Å². The number of carbonyl (C=O) groups is 1. The molecule has 0 spiro atoms.